The van der Waals surface area contributed by atoms with Gasteiger partial charge in [-0.15, -0.1) is 0 Å². The first-order chi connectivity index (χ1) is 9.13. The first-order valence-corrected chi connectivity index (χ1v) is 6.03. The van der Waals surface area contributed by atoms with Crippen molar-refractivity contribution in [1.29, 1.82) is 0 Å². The van der Waals surface area contributed by atoms with Crippen molar-refractivity contribution < 1.29 is 4.74 Å². The fourth-order valence-corrected chi connectivity index (χ4v) is 1.87. The van der Waals surface area contributed by atoms with Crippen molar-refractivity contribution in [3.63, 3.8) is 0 Å². The van der Waals surface area contributed by atoms with E-state index in [0.717, 1.165) is 22.4 Å². The second kappa shape index (κ2) is 5.67. The average Bonchev–Trinajstić information content (AvgIpc) is 2.41. The van der Waals surface area contributed by atoms with Crippen LogP contribution in [0.4, 0.5) is 0 Å². The molecule has 0 amide bonds. The van der Waals surface area contributed by atoms with Gasteiger partial charge in [-0.1, -0.05) is 12.1 Å². The van der Waals surface area contributed by atoms with Crippen LogP contribution in [0.15, 0.2) is 35.3 Å². The Morgan fingerprint density at radius 3 is 2.79 bits per heavy atom. The van der Waals surface area contributed by atoms with Crippen LogP contribution in [0.5, 0.6) is 5.75 Å². The van der Waals surface area contributed by atoms with Crippen molar-refractivity contribution in [3.05, 3.63) is 57.5 Å². The summed E-state index contributed by atoms with van der Waals surface area (Å²) in [5.74, 6) is 0.736. The molecule has 0 unspecified atom stereocenters. The van der Waals surface area contributed by atoms with Gasteiger partial charge < -0.3 is 10.5 Å². The third-order valence-corrected chi connectivity index (χ3v) is 2.91. The predicted molar refractivity (Wildman–Crippen MR) is 73.2 cm³/mol. The van der Waals surface area contributed by atoms with Gasteiger partial charge in [0.15, 0.2) is 0 Å². The molecule has 0 radical (unpaired) electrons. The van der Waals surface area contributed by atoms with E-state index >= 15 is 0 Å². The molecule has 5 heteroatoms. The number of benzene rings is 1. The van der Waals surface area contributed by atoms with Gasteiger partial charge in [-0.25, -0.2) is 4.68 Å². The topological polar surface area (TPSA) is 70.1 Å². The van der Waals surface area contributed by atoms with Crippen LogP contribution in [-0.4, -0.2) is 16.9 Å². The van der Waals surface area contributed by atoms with Crippen LogP contribution in [0.1, 0.15) is 16.7 Å². The highest BCUT2D eigenvalue weighted by Crippen LogP contribution is 2.19. The molecule has 0 aliphatic rings. The third kappa shape index (κ3) is 3.00. The Hall–Kier alpha value is -2.14. The monoisotopic (exact) mass is 259 g/mol. The lowest BCUT2D eigenvalue weighted by Crippen LogP contribution is -2.22. The molecule has 0 fully saturated rings. The number of nitrogens with two attached hydrogens (primary N) is 1. The Labute approximate surface area is 111 Å². The lowest BCUT2D eigenvalue weighted by Gasteiger charge is -2.10. The highest BCUT2D eigenvalue weighted by atomic mass is 16.5. The molecule has 0 bridgehead atoms. The maximum absolute atomic E-state index is 11.8. The van der Waals surface area contributed by atoms with Gasteiger partial charge in [-0.05, 0) is 24.1 Å². The maximum atomic E-state index is 11.8. The summed E-state index contributed by atoms with van der Waals surface area (Å²) in [5.41, 5.74) is 8.26. The van der Waals surface area contributed by atoms with Crippen molar-refractivity contribution in [2.45, 2.75) is 20.0 Å². The van der Waals surface area contributed by atoms with E-state index in [-0.39, 0.29) is 5.56 Å². The van der Waals surface area contributed by atoms with Crippen LogP contribution >= 0.6 is 0 Å². The van der Waals surface area contributed by atoms with E-state index in [1.54, 1.807) is 19.4 Å². The molecule has 0 saturated heterocycles. The fourth-order valence-electron chi connectivity index (χ4n) is 1.87. The van der Waals surface area contributed by atoms with E-state index in [9.17, 15) is 4.79 Å². The largest absolute Gasteiger partial charge is 0.496 e. The zero-order valence-electron chi connectivity index (χ0n) is 11.1. The number of methoxy groups -OCH3 is 1. The van der Waals surface area contributed by atoms with Crippen LogP contribution in [-0.2, 0) is 13.1 Å². The highest BCUT2D eigenvalue weighted by molar-refractivity contribution is 5.37. The molecule has 0 saturated carbocycles. The number of aryl methyl sites for hydroxylation is 1. The van der Waals surface area contributed by atoms with E-state index in [2.05, 4.69) is 5.10 Å². The second-order valence-electron chi connectivity index (χ2n) is 4.38. The van der Waals surface area contributed by atoms with E-state index in [1.807, 2.05) is 25.1 Å². The van der Waals surface area contributed by atoms with Gasteiger partial charge in [-0.3, -0.25) is 4.79 Å². The van der Waals surface area contributed by atoms with Crippen LogP contribution in [0.25, 0.3) is 0 Å². The highest BCUT2D eigenvalue weighted by Gasteiger charge is 2.05. The van der Waals surface area contributed by atoms with Crippen LogP contribution in [0, 0.1) is 6.92 Å². The van der Waals surface area contributed by atoms with Crippen LogP contribution in [0.3, 0.4) is 0 Å². The first kappa shape index (κ1) is 13.3. The van der Waals surface area contributed by atoms with Gasteiger partial charge in [-0.2, -0.15) is 5.10 Å². The number of ether oxygens (including phenoxy) is 1. The van der Waals surface area contributed by atoms with Crippen molar-refractivity contribution in [2.24, 2.45) is 5.73 Å². The Balaban J connectivity index is 2.30. The summed E-state index contributed by atoms with van der Waals surface area (Å²) in [4.78, 5) is 11.8. The molecule has 2 N–H and O–H groups in total. The summed E-state index contributed by atoms with van der Waals surface area (Å²) in [6.07, 6.45) is 1.67. The minimum absolute atomic E-state index is 0.109. The average molecular weight is 259 g/mol. The molecular weight excluding hydrogens is 242 g/mol. The summed E-state index contributed by atoms with van der Waals surface area (Å²) in [7, 11) is 1.61. The third-order valence-electron chi connectivity index (χ3n) is 2.91. The molecule has 100 valence electrons. The minimum Gasteiger partial charge on any atom is -0.496 e. The predicted octanol–water partition coefficient (Wildman–Crippen LogP) is 1.07. The summed E-state index contributed by atoms with van der Waals surface area (Å²) in [6.45, 7) is 2.68. The molecule has 5 nitrogen and oxygen atoms in total. The standard InChI is InChI=1S/C14H17N3O2/c1-10-5-14(18)17(16-8-10)9-11-3-4-12(7-15)13(6-11)19-2/h3-6,8H,7,9,15H2,1-2H3. The van der Waals surface area contributed by atoms with E-state index < -0.39 is 0 Å². The lowest BCUT2D eigenvalue weighted by molar-refractivity contribution is 0.409. The number of hydrogen-bond donors (Lipinski definition) is 1. The quantitative estimate of drug-likeness (QED) is 0.891. The van der Waals surface area contributed by atoms with Crippen molar-refractivity contribution in [2.75, 3.05) is 7.11 Å². The van der Waals surface area contributed by atoms with Gasteiger partial charge in [0, 0.05) is 18.2 Å². The van der Waals surface area contributed by atoms with E-state index in [1.165, 1.54) is 4.68 Å². The Kier molecular flexibility index (Phi) is 3.97. The maximum Gasteiger partial charge on any atom is 0.267 e. The molecule has 1 heterocycles. The van der Waals surface area contributed by atoms with Gasteiger partial charge in [0.05, 0.1) is 19.9 Å². The van der Waals surface area contributed by atoms with Gasteiger partial charge in [0.1, 0.15) is 5.75 Å². The molecular formula is C14H17N3O2. The Bertz CT molecular complexity index is 635. The zero-order chi connectivity index (χ0) is 13.8. The van der Waals surface area contributed by atoms with E-state index in [4.69, 9.17) is 10.5 Å². The van der Waals surface area contributed by atoms with Crippen molar-refractivity contribution in [1.82, 2.24) is 9.78 Å². The number of hydrogen-bond acceptors (Lipinski definition) is 4. The normalized spacial score (nSPS) is 10.5. The van der Waals surface area contributed by atoms with Crippen molar-refractivity contribution in [3.8, 4) is 5.75 Å². The molecule has 0 spiro atoms. The van der Waals surface area contributed by atoms with Crippen LogP contribution < -0.4 is 16.0 Å². The molecule has 1 aromatic carbocycles. The number of rotatable bonds is 4. The summed E-state index contributed by atoms with van der Waals surface area (Å²) < 4.78 is 6.70. The SMILES string of the molecule is COc1cc(Cn2ncc(C)cc2=O)ccc1CN. The van der Waals surface area contributed by atoms with Crippen molar-refractivity contribution >= 4 is 0 Å². The smallest absolute Gasteiger partial charge is 0.267 e. The first-order valence-electron chi connectivity index (χ1n) is 6.03. The Morgan fingerprint density at radius 2 is 2.16 bits per heavy atom. The van der Waals surface area contributed by atoms with Gasteiger partial charge in [0.2, 0.25) is 0 Å². The molecule has 0 aliphatic carbocycles. The van der Waals surface area contributed by atoms with Crippen LogP contribution in [0.2, 0.25) is 0 Å². The fraction of sp³-hybridized carbons (Fsp3) is 0.286. The lowest BCUT2D eigenvalue weighted by atomic mass is 10.1. The Morgan fingerprint density at radius 1 is 1.37 bits per heavy atom. The molecule has 2 aromatic rings. The van der Waals surface area contributed by atoms with E-state index in [0.29, 0.717) is 13.1 Å². The minimum atomic E-state index is -0.109. The molecule has 0 atom stereocenters. The molecule has 2 rings (SSSR count). The summed E-state index contributed by atoms with van der Waals surface area (Å²) in [6, 6.07) is 7.29. The molecule has 1 aromatic heterocycles. The second-order valence-corrected chi connectivity index (χ2v) is 4.38. The molecule has 0 aliphatic heterocycles. The number of nitrogens with zero attached hydrogens (tertiary/aromatic N) is 2. The molecule has 19 heavy (non-hydrogen) atoms. The zero-order valence-corrected chi connectivity index (χ0v) is 11.1. The summed E-state index contributed by atoms with van der Waals surface area (Å²) >= 11 is 0. The number of aromatic nitrogens is 2. The summed E-state index contributed by atoms with van der Waals surface area (Å²) in [5, 5.41) is 4.11. The van der Waals surface area contributed by atoms with Gasteiger partial charge in [0.25, 0.3) is 5.56 Å². The van der Waals surface area contributed by atoms with Gasteiger partial charge >= 0.3 is 0 Å².